The summed E-state index contributed by atoms with van der Waals surface area (Å²) in [4.78, 5) is 16.1. The molecule has 0 saturated heterocycles. The van der Waals surface area contributed by atoms with Crippen LogP contribution in [0.25, 0.3) is 0 Å². The van der Waals surface area contributed by atoms with Gasteiger partial charge in [0.2, 0.25) is 0 Å². The Balaban J connectivity index is -0.000000405. The van der Waals surface area contributed by atoms with Crippen LogP contribution in [0.3, 0.4) is 0 Å². The Kier molecular flexibility index (Phi) is 7.96. The fourth-order valence-electron chi connectivity index (χ4n) is 0.236. The summed E-state index contributed by atoms with van der Waals surface area (Å²) >= 11 is 0. The maximum atomic E-state index is 9.93. The summed E-state index contributed by atoms with van der Waals surface area (Å²) in [6, 6.07) is 0. The van der Waals surface area contributed by atoms with E-state index in [1.54, 1.807) is 0 Å². The second kappa shape index (κ2) is 6.18. The monoisotopic (exact) mass is 180 g/mol. The van der Waals surface area contributed by atoms with Gasteiger partial charge in [0, 0.05) is 0 Å². The van der Waals surface area contributed by atoms with E-state index in [1.807, 2.05) is 0 Å². The minimum absolute atomic E-state index is 0. The van der Waals surface area contributed by atoms with E-state index in [0.29, 0.717) is 0 Å². The van der Waals surface area contributed by atoms with Crippen molar-refractivity contribution in [2.75, 3.05) is 13.2 Å². The molecule has 0 bridgehead atoms. The molecule has 0 aliphatic carbocycles. The van der Waals surface area contributed by atoms with Crippen LogP contribution < -0.4 is 18.9 Å². The van der Waals surface area contributed by atoms with Crippen molar-refractivity contribution in [2.24, 2.45) is 0 Å². The SMILES string of the molecule is O=P(O)(O)OCC(O)CO.[H-].[Li+]. The van der Waals surface area contributed by atoms with Gasteiger partial charge >= 0.3 is 26.7 Å². The minimum Gasteiger partial charge on any atom is -1.00 e. The van der Waals surface area contributed by atoms with Gasteiger partial charge in [-0.25, -0.2) is 4.57 Å². The summed E-state index contributed by atoms with van der Waals surface area (Å²) in [6.07, 6.45) is -1.24. The Morgan fingerprint density at radius 2 is 2.00 bits per heavy atom. The first kappa shape index (κ1) is 14.2. The molecule has 0 fully saturated rings. The summed E-state index contributed by atoms with van der Waals surface area (Å²) in [5.74, 6) is 0. The summed E-state index contributed by atoms with van der Waals surface area (Å²) in [5, 5.41) is 16.7. The molecular weight excluding hydrogens is 170 g/mol. The van der Waals surface area contributed by atoms with Gasteiger partial charge in [0.05, 0.1) is 13.2 Å². The van der Waals surface area contributed by atoms with Gasteiger partial charge in [0.15, 0.2) is 0 Å². The van der Waals surface area contributed by atoms with Crippen molar-refractivity contribution in [3.05, 3.63) is 0 Å². The molecule has 64 valence electrons. The third-order valence-electron chi connectivity index (χ3n) is 0.646. The number of phosphoric acid groups is 1. The fourth-order valence-corrected chi connectivity index (χ4v) is 0.602. The number of rotatable bonds is 4. The molecule has 1 unspecified atom stereocenters. The quantitative estimate of drug-likeness (QED) is 0.257. The van der Waals surface area contributed by atoms with Crippen LogP contribution in [0, 0.1) is 0 Å². The van der Waals surface area contributed by atoms with Crippen molar-refractivity contribution in [3.63, 3.8) is 0 Å². The van der Waals surface area contributed by atoms with Crippen LogP contribution in [-0.2, 0) is 9.09 Å². The molecule has 6 nitrogen and oxygen atoms in total. The molecule has 0 heterocycles. The molecule has 0 amide bonds. The van der Waals surface area contributed by atoms with Crippen LogP contribution in [0.1, 0.15) is 1.43 Å². The molecule has 0 aliphatic rings. The molecule has 0 rings (SSSR count). The zero-order valence-electron chi connectivity index (χ0n) is 7.04. The Morgan fingerprint density at radius 3 is 2.27 bits per heavy atom. The van der Waals surface area contributed by atoms with Crippen molar-refractivity contribution in [2.45, 2.75) is 6.10 Å². The topological polar surface area (TPSA) is 107 Å². The summed E-state index contributed by atoms with van der Waals surface area (Å²) in [7, 11) is -4.50. The average Bonchev–Trinajstić information content (AvgIpc) is 1.81. The molecule has 1 atom stereocenters. The number of phosphoric ester groups is 1. The van der Waals surface area contributed by atoms with E-state index < -0.39 is 27.1 Å². The zero-order chi connectivity index (χ0) is 8.20. The molecule has 0 aromatic carbocycles. The molecule has 4 N–H and O–H groups in total. The molecule has 0 aromatic heterocycles. The Labute approximate surface area is 77.1 Å². The summed E-state index contributed by atoms with van der Waals surface area (Å²) in [5.41, 5.74) is 0. The Bertz CT molecular complexity index is 139. The fraction of sp³-hybridized carbons (Fsp3) is 1.00. The van der Waals surface area contributed by atoms with E-state index in [0.717, 1.165) is 0 Å². The van der Waals surface area contributed by atoms with E-state index in [9.17, 15) is 4.57 Å². The van der Waals surface area contributed by atoms with E-state index in [1.165, 1.54) is 0 Å². The van der Waals surface area contributed by atoms with E-state index in [-0.39, 0.29) is 20.3 Å². The second-order valence-corrected chi connectivity index (χ2v) is 2.86. The van der Waals surface area contributed by atoms with Crippen LogP contribution in [0.15, 0.2) is 0 Å². The standard InChI is InChI=1S/C3H9O6P.Li.H/c4-1-3(5)2-9-10(6,7)8;;/h3-5H,1-2H2,(H2,6,7,8);;/q;+1;-1. The maximum absolute atomic E-state index is 9.93. The van der Waals surface area contributed by atoms with Crippen LogP contribution in [0.4, 0.5) is 0 Å². The molecule has 11 heavy (non-hydrogen) atoms. The van der Waals surface area contributed by atoms with Gasteiger partial charge in [-0.15, -0.1) is 0 Å². The first-order chi connectivity index (χ1) is 4.45. The van der Waals surface area contributed by atoms with Crippen molar-refractivity contribution in [1.29, 1.82) is 0 Å². The molecular formula is C3H10LiO6P. The van der Waals surface area contributed by atoms with Crippen molar-refractivity contribution in [1.82, 2.24) is 0 Å². The van der Waals surface area contributed by atoms with Crippen LogP contribution in [0.2, 0.25) is 0 Å². The Morgan fingerprint density at radius 1 is 1.55 bits per heavy atom. The normalized spacial score (nSPS) is 13.8. The summed E-state index contributed by atoms with van der Waals surface area (Å²) in [6.45, 7) is -1.15. The number of aliphatic hydroxyl groups is 2. The van der Waals surface area contributed by atoms with Gasteiger partial charge in [0.25, 0.3) is 0 Å². The zero-order valence-corrected chi connectivity index (χ0v) is 6.94. The first-order valence-electron chi connectivity index (χ1n) is 2.44. The number of aliphatic hydroxyl groups excluding tert-OH is 2. The van der Waals surface area contributed by atoms with Gasteiger partial charge in [0.1, 0.15) is 6.10 Å². The smallest absolute Gasteiger partial charge is 1.00 e. The summed E-state index contributed by atoms with van der Waals surface area (Å²) < 4.78 is 13.8. The molecule has 0 radical (unpaired) electrons. The van der Waals surface area contributed by atoms with Crippen LogP contribution >= 0.6 is 7.82 Å². The largest absolute Gasteiger partial charge is 1.00 e. The predicted octanol–water partition coefficient (Wildman–Crippen LogP) is -4.43. The van der Waals surface area contributed by atoms with Gasteiger partial charge < -0.3 is 21.4 Å². The minimum atomic E-state index is -4.50. The first-order valence-corrected chi connectivity index (χ1v) is 3.98. The molecule has 0 spiro atoms. The van der Waals surface area contributed by atoms with Crippen LogP contribution in [-0.4, -0.2) is 39.3 Å². The van der Waals surface area contributed by atoms with Gasteiger partial charge in [-0.05, 0) is 0 Å². The van der Waals surface area contributed by atoms with Crippen molar-refractivity contribution >= 4 is 7.82 Å². The predicted molar refractivity (Wildman–Crippen MR) is 32.2 cm³/mol. The third kappa shape index (κ3) is 10.6. The van der Waals surface area contributed by atoms with Gasteiger partial charge in [-0.3, -0.25) is 4.52 Å². The van der Waals surface area contributed by atoms with E-state index >= 15 is 0 Å². The second-order valence-electron chi connectivity index (χ2n) is 1.62. The number of hydrogen-bond donors (Lipinski definition) is 4. The van der Waals surface area contributed by atoms with Crippen LogP contribution in [0.5, 0.6) is 0 Å². The molecule has 0 saturated carbocycles. The molecule has 0 aliphatic heterocycles. The Hall–Kier alpha value is 0.627. The molecule has 0 aromatic rings. The molecule has 8 heteroatoms. The van der Waals surface area contributed by atoms with E-state index in [2.05, 4.69) is 4.52 Å². The maximum Gasteiger partial charge on any atom is 1.00 e. The van der Waals surface area contributed by atoms with Gasteiger partial charge in [-0.2, -0.15) is 0 Å². The third-order valence-corrected chi connectivity index (χ3v) is 1.13. The van der Waals surface area contributed by atoms with Gasteiger partial charge in [-0.1, -0.05) is 0 Å². The average molecular weight is 180 g/mol. The van der Waals surface area contributed by atoms with Crippen molar-refractivity contribution < 1.29 is 49.4 Å². The van der Waals surface area contributed by atoms with Crippen molar-refractivity contribution in [3.8, 4) is 0 Å². The number of hydrogen-bond acceptors (Lipinski definition) is 4. The van der Waals surface area contributed by atoms with E-state index in [4.69, 9.17) is 20.0 Å².